The summed E-state index contributed by atoms with van der Waals surface area (Å²) < 4.78 is 2.01. The van der Waals surface area contributed by atoms with Gasteiger partial charge in [0.25, 0.3) is 0 Å². The number of hydrogen-bond donors (Lipinski definition) is 1. The Morgan fingerprint density at radius 2 is 2.19 bits per heavy atom. The van der Waals surface area contributed by atoms with Crippen molar-refractivity contribution in [1.29, 1.82) is 0 Å². The number of likely N-dealkylation sites (N-methyl/N-ethyl adjacent to an activating group) is 1. The summed E-state index contributed by atoms with van der Waals surface area (Å²) in [5, 5.41) is 9.45. The second-order valence-electron chi connectivity index (χ2n) is 7.45. The molecule has 1 aliphatic rings. The van der Waals surface area contributed by atoms with Gasteiger partial charge in [0.1, 0.15) is 6.33 Å². The van der Waals surface area contributed by atoms with E-state index in [1.165, 1.54) is 10.9 Å². The number of benzene rings is 1. The summed E-state index contributed by atoms with van der Waals surface area (Å²) in [5.41, 5.74) is 3.53. The monoisotopic (exact) mass is 351 g/mol. The van der Waals surface area contributed by atoms with Crippen molar-refractivity contribution in [3.8, 4) is 0 Å². The van der Waals surface area contributed by atoms with Gasteiger partial charge >= 0.3 is 0 Å². The SMILES string of the molecule is CC(C)n1cnnc1CN(C)C(=O)[C@@H]1CCCc2c1[nH]c1ccccc21. The molecule has 2 aromatic heterocycles. The molecule has 0 radical (unpaired) electrons. The maximum Gasteiger partial charge on any atom is 0.231 e. The van der Waals surface area contributed by atoms with Crippen LogP contribution in [0.4, 0.5) is 0 Å². The number of aromatic amines is 1. The van der Waals surface area contributed by atoms with E-state index in [0.29, 0.717) is 6.54 Å². The van der Waals surface area contributed by atoms with Gasteiger partial charge in [0.05, 0.1) is 12.5 Å². The minimum Gasteiger partial charge on any atom is -0.357 e. The molecule has 0 bridgehead atoms. The van der Waals surface area contributed by atoms with E-state index in [0.717, 1.165) is 36.3 Å². The number of aryl methyl sites for hydroxylation is 1. The third kappa shape index (κ3) is 2.79. The molecule has 2 heterocycles. The molecule has 1 atom stereocenters. The molecular weight excluding hydrogens is 326 g/mol. The number of rotatable bonds is 4. The molecule has 3 aromatic rings. The number of nitrogens with one attached hydrogen (secondary N) is 1. The van der Waals surface area contributed by atoms with E-state index in [1.807, 2.05) is 17.7 Å². The predicted molar refractivity (Wildman–Crippen MR) is 101 cm³/mol. The normalized spacial score (nSPS) is 16.8. The Morgan fingerprint density at radius 3 is 3.00 bits per heavy atom. The number of aromatic nitrogens is 4. The Hall–Kier alpha value is -2.63. The van der Waals surface area contributed by atoms with Gasteiger partial charge < -0.3 is 14.5 Å². The van der Waals surface area contributed by atoms with Gasteiger partial charge in [-0.3, -0.25) is 4.79 Å². The molecule has 1 aliphatic carbocycles. The fourth-order valence-electron chi connectivity index (χ4n) is 4.03. The molecule has 0 unspecified atom stereocenters. The van der Waals surface area contributed by atoms with Gasteiger partial charge in [-0.15, -0.1) is 10.2 Å². The summed E-state index contributed by atoms with van der Waals surface area (Å²) in [6.07, 6.45) is 4.70. The minimum atomic E-state index is -0.105. The summed E-state index contributed by atoms with van der Waals surface area (Å²) in [6.45, 7) is 4.65. The van der Waals surface area contributed by atoms with Gasteiger partial charge in [0.15, 0.2) is 5.82 Å². The first-order valence-corrected chi connectivity index (χ1v) is 9.29. The highest BCUT2D eigenvalue weighted by molar-refractivity contribution is 5.90. The third-order valence-electron chi connectivity index (χ3n) is 5.37. The standard InChI is InChI=1S/C20H25N5O/c1-13(2)25-12-21-23-18(25)11-24(3)20(26)16-9-6-8-15-14-7-4-5-10-17(14)22-19(15)16/h4-5,7,10,12-13,16,22H,6,8-9,11H2,1-3H3/t16-/m1/s1. The van der Waals surface area contributed by atoms with Crippen molar-refractivity contribution >= 4 is 16.8 Å². The van der Waals surface area contributed by atoms with Crippen molar-refractivity contribution in [2.45, 2.75) is 51.6 Å². The number of amides is 1. The van der Waals surface area contributed by atoms with Crippen LogP contribution in [0.3, 0.4) is 0 Å². The van der Waals surface area contributed by atoms with Crippen molar-refractivity contribution in [1.82, 2.24) is 24.6 Å². The molecule has 1 aromatic carbocycles. The molecule has 4 rings (SSSR count). The predicted octanol–water partition coefficient (Wildman–Crippen LogP) is 3.42. The van der Waals surface area contributed by atoms with Crippen molar-refractivity contribution in [3.63, 3.8) is 0 Å². The molecule has 136 valence electrons. The van der Waals surface area contributed by atoms with Crippen LogP contribution in [0, 0.1) is 0 Å². The number of para-hydroxylation sites is 1. The first kappa shape index (κ1) is 16.8. The zero-order valence-corrected chi connectivity index (χ0v) is 15.6. The summed E-state index contributed by atoms with van der Waals surface area (Å²) in [6, 6.07) is 8.60. The van der Waals surface area contributed by atoms with Gasteiger partial charge in [-0.25, -0.2) is 0 Å². The number of nitrogens with zero attached hydrogens (tertiary/aromatic N) is 4. The van der Waals surface area contributed by atoms with E-state index in [4.69, 9.17) is 0 Å². The Morgan fingerprint density at radius 1 is 1.38 bits per heavy atom. The van der Waals surface area contributed by atoms with Crippen LogP contribution in [0.15, 0.2) is 30.6 Å². The Labute approximate surface area is 153 Å². The number of carbonyl (C=O) groups is 1. The van der Waals surface area contributed by atoms with E-state index in [1.54, 1.807) is 11.2 Å². The van der Waals surface area contributed by atoms with E-state index >= 15 is 0 Å². The van der Waals surface area contributed by atoms with Gasteiger partial charge in [0, 0.05) is 29.7 Å². The zero-order valence-electron chi connectivity index (χ0n) is 15.6. The van der Waals surface area contributed by atoms with Gasteiger partial charge in [0.2, 0.25) is 5.91 Å². The lowest BCUT2D eigenvalue weighted by Crippen LogP contribution is -2.34. The van der Waals surface area contributed by atoms with Crippen LogP contribution in [0.2, 0.25) is 0 Å². The van der Waals surface area contributed by atoms with Gasteiger partial charge in [-0.1, -0.05) is 18.2 Å². The molecule has 6 heteroatoms. The smallest absolute Gasteiger partial charge is 0.231 e. The summed E-state index contributed by atoms with van der Waals surface area (Å²) in [5.74, 6) is 0.867. The van der Waals surface area contributed by atoms with Crippen molar-refractivity contribution in [3.05, 3.63) is 47.7 Å². The summed E-state index contributed by atoms with van der Waals surface area (Å²) >= 11 is 0. The average molecular weight is 351 g/mol. The highest BCUT2D eigenvalue weighted by atomic mass is 16.2. The number of fused-ring (bicyclic) bond motifs is 3. The highest BCUT2D eigenvalue weighted by Crippen LogP contribution is 2.37. The van der Waals surface area contributed by atoms with Gasteiger partial charge in [-0.2, -0.15) is 0 Å². The lowest BCUT2D eigenvalue weighted by molar-refractivity contribution is -0.132. The lowest BCUT2D eigenvalue weighted by atomic mass is 9.86. The summed E-state index contributed by atoms with van der Waals surface area (Å²) in [4.78, 5) is 18.5. The second-order valence-corrected chi connectivity index (χ2v) is 7.45. The number of carbonyl (C=O) groups excluding carboxylic acids is 1. The van der Waals surface area contributed by atoms with Crippen LogP contribution < -0.4 is 0 Å². The van der Waals surface area contributed by atoms with Crippen LogP contribution in [0.1, 0.15) is 55.7 Å². The maximum atomic E-state index is 13.2. The van der Waals surface area contributed by atoms with Crippen LogP contribution in [-0.2, 0) is 17.8 Å². The first-order valence-electron chi connectivity index (χ1n) is 9.29. The lowest BCUT2D eigenvalue weighted by Gasteiger charge is -2.27. The third-order valence-corrected chi connectivity index (χ3v) is 5.37. The number of H-pyrrole nitrogens is 1. The molecule has 0 spiro atoms. The highest BCUT2D eigenvalue weighted by Gasteiger charge is 2.31. The Bertz CT molecular complexity index is 939. The Balaban J connectivity index is 1.60. The minimum absolute atomic E-state index is 0.105. The topological polar surface area (TPSA) is 66.8 Å². The molecular formula is C20H25N5O. The molecule has 0 aliphatic heterocycles. The van der Waals surface area contributed by atoms with Gasteiger partial charge in [-0.05, 0) is 44.7 Å². The largest absolute Gasteiger partial charge is 0.357 e. The quantitative estimate of drug-likeness (QED) is 0.783. The first-order chi connectivity index (χ1) is 12.6. The molecule has 1 N–H and O–H groups in total. The number of hydrogen-bond acceptors (Lipinski definition) is 3. The zero-order chi connectivity index (χ0) is 18.3. The van der Waals surface area contributed by atoms with Crippen molar-refractivity contribution < 1.29 is 4.79 Å². The van der Waals surface area contributed by atoms with Crippen LogP contribution >= 0.6 is 0 Å². The van der Waals surface area contributed by atoms with E-state index in [9.17, 15) is 4.79 Å². The Kier molecular flexibility index (Phi) is 4.26. The van der Waals surface area contributed by atoms with Crippen LogP contribution in [0.25, 0.3) is 10.9 Å². The molecule has 0 fully saturated rings. The molecule has 6 nitrogen and oxygen atoms in total. The molecule has 1 amide bonds. The summed E-state index contributed by atoms with van der Waals surface area (Å²) in [7, 11) is 1.86. The second kappa shape index (κ2) is 6.59. The van der Waals surface area contributed by atoms with Crippen LogP contribution in [-0.4, -0.2) is 37.6 Å². The van der Waals surface area contributed by atoms with Crippen LogP contribution in [0.5, 0.6) is 0 Å². The molecule has 0 saturated heterocycles. The molecule has 0 saturated carbocycles. The van der Waals surface area contributed by atoms with Crippen molar-refractivity contribution in [2.24, 2.45) is 0 Å². The maximum absolute atomic E-state index is 13.2. The fourth-order valence-corrected chi connectivity index (χ4v) is 4.03. The molecule has 26 heavy (non-hydrogen) atoms. The van der Waals surface area contributed by atoms with E-state index < -0.39 is 0 Å². The van der Waals surface area contributed by atoms with E-state index in [-0.39, 0.29) is 17.9 Å². The average Bonchev–Trinajstić information content (AvgIpc) is 3.25. The van der Waals surface area contributed by atoms with Crippen molar-refractivity contribution in [2.75, 3.05) is 7.05 Å². The fraction of sp³-hybridized carbons (Fsp3) is 0.450. The van der Waals surface area contributed by atoms with E-state index in [2.05, 4.69) is 47.2 Å².